The minimum Gasteiger partial charge on any atom is -0.492 e. The molecule has 0 heterocycles. The van der Waals surface area contributed by atoms with E-state index in [2.05, 4.69) is 10.6 Å². The van der Waals surface area contributed by atoms with Gasteiger partial charge in [0.25, 0.3) is 0 Å². The summed E-state index contributed by atoms with van der Waals surface area (Å²) in [7, 11) is 0. The SMILES string of the molecule is CCOc1ccccc1NCCC(=O)Nc1ccc(F)c(Cl)c1. The summed E-state index contributed by atoms with van der Waals surface area (Å²) in [6.45, 7) is 2.94. The number of para-hydroxylation sites is 2. The monoisotopic (exact) mass is 336 g/mol. The van der Waals surface area contributed by atoms with Crippen LogP contribution in [-0.4, -0.2) is 19.1 Å². The third-order valence-corrected chi connectivity index (χ3v) is 3.35. The predicted octanol–water partition coefficient (Wildman–Crippen LogP) is 4.32. The number of hydrogen-bond donors (Lipinski definition) is 2. The van der Waals surface area contributed by atoms with Gasteiger partial charge in [-0.3, -0.25) is 4.79 Å². The van der Waals surface area contributed by atoms with Crippen LogP contribution >= 0.6 is 11.6 Å². The van der Waals surface area contributed by atoms with Gasteiger partial charge < -0.3 is 15.4 Å². The molecule has 0 saturated carbocycles. The molecule has 0 saturated heterocycles. The first-order valence-electron chi connectivity index (χ1n) is 7.30. The summed E-state index contributed by atoms with van der Waals surface area (Å²) in [5, 5.41) is 5.82. The van der Waals surface area contributed by atoms with E-state index in [4.69, 9.17) is 16.3 Å². The maximum atomic E-state index is 13.1. The van der Waals surface area contributed by atoms with Crippen LogP contribution in [0.25, 0.3) is 0 Å². The van der Waals surface area contributed by atoms with E-state index in [9.17, 15) is 9.18 Å². The molecule has 0 spiro atoms. The number of carbonyl (C=O) groups excluding carboxylic acids is 1. The molecular formula is C17H18ClFN2O2. The van der Waals surface area contributed by atoms with Gasteiger partial charge in [-0.15, -0.1) is 0 Å². The Morgan fingerprint density at radius 3 is 2.78 bits per heavy atom. The Balaban J connectivity index is 1.84. The van der Waals surface area contributed by atoms with Crippen LogP contribution in [0.5, 0.6) is 5.75 Å². The second kappa shape index (κ2) is 8.39. The molecule has 0 aliphatic heterocycles. The zero-order valence-electron chi connectivity index (χ0n) is 12.7. The molecule has 23 heavy (non-hydrogen) atoms. The summed E-state index contributed by atoms with van der Waals surface area (Å²) >= 11 is 5.68. The lowest BCUT2D eigenvalue weighted by atomic mass is 10.2. The molecular weight excluding hydrogens is 319 g/mol. The van der Waals surface area contributed by atoms with Crippen LogP contribution in [0.3, 0.4) is 0 Å². The van der Waals surface area contributed by atoms with Gasteiger partial charge in [0.1, 0.15) is 11.6 Å². The van der Waals surface area contributed by atoms with Gasteiger partial charge in [-0.05, 0) is 37.3 Å². The van der Waals surface area contributed by atoms with E-state index < -0.39 is 5.82 Å². The van der Waals surface area contributed by atoms with Gasteiger partial charge in [0.2, 0.25) is 5.91 Å². The first-order chi connectivity index (χ1) is 11.1. The third-order valence-electron chi connectivity index (χ3n) is 3.06. The molecule has 0 atom stereocenters. The molecule has 4 nitrogen and oxygen atoms in total. The summed E-state index contributed by atoms with van der Waals surface area (Å²) in [4.78, 5) is 11.9. The van der Waals surface area contributed by atoms with E-state index in [-0.39, 0.29) is 17.4 Å². The van der Waals surface area contributed by atoms with E-state index >= 15 is 0 Å². The van der Waals surface area contributed by atoms with Gasteiger partial charge in [0.15, 0.2) is 0 Å². The van der Waals surface area contributed by atoms with E-state index in [1.165, 1.54) is 18.2 Å². The van der Waals surface area contributed by atoms with Crippen molar-refractivity contribution in [2.75, 3.05) is 23.8 Å². The van der Waals surface area contributed by atoms with E-state index in [1.54, 1.807) is 0 Å². The normalized spacial score (nSPS) is 10.2. The number of benzene rings is 2. The number of carbonyl (C=O) groups is 1. The Hall–Kier alpha value is -2.27. The highest BCUT2D eigenvalue weighted by molar-refractivity contribution is 6.31. The van der Waals surface area contributed by atoms with E-state index in [0.717, 1.165) is 11.4 Å². The van der Waals surface area contributed by atoms with Crippen molar-refractivity contribution in [3.05, 3.63) is 53.3 Å². The van der Waals surface area contributed by atoms with Crippen molar-refractivity contribution in [1.29, 1.82) is 0 Å². The summed E-state index contributed by atoms with van der Waals surface area (Å²) < 4.78 is 18.6. The summed E-state index contributed by atoms with van der Waals surface area (Å²) in [6, 6.07) is 11.6. The first-order valence-corrected chi connectivity index (χ1v) is 7.68. The molecule has 2 aromatic rings. The Kier molecular flexibility index (Phi) is 6.23. The number of halogens is 2. The minimum atomic E-state index is -0.515. The van der Waals surface area contributed by atoms with Crippen LogP contribution in [0.2, 0.25) is 5.02 Å². The topological polar surface area (TPSA) is 50.4 Å². The molecule has 0 radical (unpaired) electrons. The van der Waals surface area contributed by atoms with Crippen LogP contribution in [0.4, 0.5) is 15.8 Å². The molecule has 6 heteroatoms. The largest absolute Gasteiger partial charge is 0.492 e. The molecule has 0 aromatic heterocycles. The molecule has 2 aromatic carbocycles. The fourth-order valence-corrected chi connectivity index (χ4v) is 2.18. The van der Waals surface area contributed by atoms with Crippen molar-refractivity contribution < 1.29 is 13.9 Å². The quantitative estimate of drug-likeness (QED) is 0.791. The molecule has 0 unspecified atom stereocenters. The predicted molar refractivity (Wildman–Crippen MR) is 90.8 cm³/mol. The van der Waals surface area contributed by atoms with Crippen LogP contribution in [0, 0.1) is 5.82 Å². The zero-order valence-corrected chi connectivity index (χ0v) is 13.5. The molecule has 0 bridgehead atoms. The Bertz CT molecular complexity index is 679. The highest BCUT2D eigenvalue weighted by atomic mass is 35.5. The number of ether oxygens (including phenoxy) is 1. The molecule has 0 aliphatic carbocycles. The summed E-state index contributed by atoms with van der Waals surface area (Å²) in [6.07, 6.45) is 0.259. The second-order valence-corrected chi connectivity index (χ2v) is 5.19. The van der Waals surface area contributed by atoms with Crippen molar-refractivity contribution in [1.82, 2.24) is 0 Å². The Morgan fingerprint density at radius 1 is 1.26 bits per heavy atom. The smallest absolute Gasteiger partial charge is 0.226 e. The summed E-state index contributed by atoms with van der Waals surface area (Å²) in [5.74, 6) is 0.0497. The number of hydrogen-bond acceptors (Lipinski definition) is 3. The maximum Gasteiger partial charge on any atom is 0.226 e. The van der Waals surface area contributed by atoms with Crippen molar-refractivity contribution in [3.63, 3.8) is 0 Å². The Labute approximate surface area is 139 Å². The second-order valence-electron chi connectivity index (χ2n) is 4.78. The van der Waals surface area contributed by atoms with Gasteiger partial charge in [0, 0.05) is 18.7 Å². The highest BCUT2D eigenvalue weighted by Crippen LogP contribution is 2.23. The third kappa shape index (κ3) is 5.14. The number of amides is 1. The fraction of sp³-hybridized carbons (Fsp3) is 0.235. The zero-order chi connectivity index (χ0) is 16.7. The van der Waals surface area contributed by atoms with Crippen LogP contribution in [-0.2, 0) is 4.79 Å². The van der Waals surface area contributed by atoms with Gasteiger partial charge in [0.05, 0.1) is 17.3 Å². The number of nitrogens with one attached hydrogen (secondary N) is 2. The lowest BCUT2D eigenvalue weighted by Gasteiger charge is -2.12. The molecule has 2 N–H and O–H groups in total. The van der Waals surface area contributed by atoms with E-state index in [1.807, 2.05) is 31.2 Å². The molecule has 0 aliphatic rings. The van der Waals surface area contributed by atoms with Crippen molar-refractivity contribution in [2.45, 2.75) is 13.3 Å². The van der Waals surface area contributed by atoms with Crippen molar-refractivity contribution in [2.24, 2.45) is 0 Å². The van der Waals surface area contributed by atoms with E-state index in [0.29, 0.717) is 18.8 Å². The average Bonchev–Trinajstić information content (AvgIpc) is 2.53. The Morgan fingerprint density at radius 2 is 2.04 bits per heavy atom. The standard InChI is InChI=1S/C17H18ClFN2O2/c1-2-23-16-6-4-3-5-15(16)20-10-9-17(22)21-12-7-8-14(19)13(18)11-12/h3-8,11,20H,2,9-10H2,1H3,(H,21,22). The van der Waals surface area contributed by atoms with Gasteiger partial charge in [-0.2, -0.15) is 0 Å². The molecule has 0 fully saturated rings. The van der Waals surface area contributed by atoms with Crippen LogP contribution in [0.1, 0.15) is 13.3 Å². The molecule has 2 rings (SSSR count). The number of rotatable bonds is 7. The molecule has 1 amide bonds. The maximum absolute atomic E-state index is 13.1. The van der Waals surface area contributed by atoms with Crippen LogP contribution in [0.15, 0.2) is 42.5 Å². The van der Waals surface area contributed by atoms with Gasteiger partial charge >= 0.3 is 0 Å². The molecule has 122 valence electrons. The lowest BCUT2D eigenvalue weighted by molar-refractivity contribution is -0.115. The first kappa shape index (κ1) is 17.1. The number of anilines is 2. The fourth-order valence-electron chi connectivity index (χ4n) is 2.00. The lowest BCUT2D eigenvalue weighted by Crippen LogP contribution is -2.16. The highest BCUT2D eigenvalue weighted by Gasteiger charge is 2.06. The van der Waals surface area contributed by atoms with Crippen molar-refractivity contribution in [3.8, 4) is 5.75 Å². The van der Waals surface area contributed by atoms with Crippen molar-refractivity contribution >= 4 is 28.9 Å². The van der Waals surface area contributed by atoms with Gasteiger partial charge in [-0.25, -0.2) is 4.39 Å². The average molecular weight is 337 g/mol. The minimum absolute atomic E-state index is 0.0217. The van der Waals surface area contributed by atoms with Crippen LogP contribution < -0.4 is 15.4 Å². The van der Waals surface area contributed by atoms with Gasteiger partial charge in [-0.1, -0.05) is 23.7 Å². The summed E-state index contributed by atoms with van der Waals surface area (Å²) in [5.41, 5.74) is 1.31.